The normalized spacial score (nSPS) is 20.5. The molecule has 4 heterocycles. The average molecular weight is 360 g/mol. The fraction of sp³-hybridized carbons (Fsp3) is 0.556. The van der Waals surface area contributed by atoms with E-state index in [9.17, 15) is 9.90 Å². The number of hydrogen-bond donors (Lipinski definition) is 2. The number of amides is 1. The van der Waals surface area contributed by atoms with Crippen molar-refractivity contribution in [2.24, 2.45) is 5.92 Å². The smallest absolute Gasteiger partial charge is 0.274 e. The first-order valence-electron chi connectivity index (χ1n) is 8.89. The third kappa shape index (κ3) is 3.23. The van der Waals surface area contributed by atoms with Crippen LogP contribution < -0.4 is 0 Å². The standard InChI is InChI=1S/C18H24N4O2S/c1-21-7-6-14-13(11-21)16(20-19-14)18(24)22-8-4-12(5-9-22)17(23)15-3-2-10-25-15/h2-3,10,12,17,23H,4-9,11H2,1H3,(H,19,20). The number of aliphatic hydroxyl groups is 1. The van der Waals surface area contributed by atoms with Crippen LogP contribution in [0.5, 0.6) is 0 Å². The molecule has 7 heteroatoms. The summed E-state index contributed by atoms with van der Waals surface area (Å²) >= 11 is 1.60. The summed E-state index contributed by atoms with van der Waals surface area (Å²) in [5, 5.41) is 19.9. The van der Waals surface area contributed by atoms with Crippen molar-refractivity contribution >= 4 is 17.2 Å². The fourth-order valence-electron chi connectivity index (χ4n) is 3.87. The van der Waals surface area contributed by atoms with Crippen LogP contribution in [-0.4, -0.2) is 57.7 Å². The van der Waals surface area contributed by atoms with Gasteiger partial charge in [0.1, 0.15) is 0 Å². The van der Waals surface area contributed by atoms with Crippen molar-refractivity contribution in [2.75, 3.05) is 26.7 Å². The van der Waals surface area contributed by atoms with Crippen LogP contribution in [0.2, 0.25) is 0 Å². The first-order valence-corrected chi connectivity index (χ1v) is 9.77. The van der Waals surface area contributed by atoms with Gasteiger partial charge in [0, 0.05) is 48.7 Å². The van der Waals surface area contributed by atoms with Crippen molar-refractivity contribution in [2.45, 2.75) is 31.9 Å². The highest BCUT2D eigenvalue weighted by molar-refractivity contribution is 7.10. The number of aromatic amines is 1. The van der Waals surface area contributed by atoms with Gasteiger partial charge in [-0.2, -0.15) is 5.10 Å². The molecule has 0 aromatic carbocycles. The third-order valence-electron chi connectivity index (χ3n) is 5.43. The van der Waals surface area contributed by atoms with Gasteiger partial charge in [-0.3, -0.25) is 9.89 Å². The van der Waals surface area contributed by atoms with E-state index in [1.807, 2.05) is 22.4 Å². The molecule has 0 spiro atoms. The van der Waals surface area contributed by atoms with Crippen LogP contribution in [0.4, 0.5) is 0 Å². The minimum Gasteiger partial charge on any atom is -0.387 e. The van der Waals surface area contributed by atoms with Crippen LogP contribution in [0.25, 0.3) is 0 Å². The topological polar surface area (TPSA) is 72.5 Å². The first kappa shape index (κ1) is 16.8. The van der Waals surface area contributed by atoms with E-state index in [4.69, 9.17) is 0 Å². The van der Waals surface area contributed by atoms with E-state index in [0.29, 0.717) is 18.8 Å². The summed E-state index contributed by atoms with van der Waals surface area (Å²) in [4.78, 5) is 18.0. The number of aromatic nitrogens is 2. The van der Waals surface area contributed by atoms with Crippen LogP contribution in [0.15, 0.2) is 17.5 Å². The number of nitrogens with zero attached hydrogens (tertiary/aromatic N) is 3. The fourth-order valence-corrected chi connectivity index (χ4v) is 4.67. The van der Waals surface area contributed by atoms with Gasteiger partial charge in [0.15, 0.2) is 5.69 Å². The molecule has 2 aromatic heterocycles. The second-order valence-electron chi connectivity index (χ2n) is 7.11. The molecule has 0 radical (unpaired) electrons. The maximum Gasteiger partial charge on any atom is 0.274 e. The first-order chi connectivity index (χ1) is 12.1. The summed E-state index contributed by atoms with van der Waals surface area (Å²) in [5.41, 5.74) is 2.74. The Morgan fingerprint density at radius 2 is 2.20 bits per heavy atom. The lowest BCUT2D eigenvalue weighted by Crippen LogP contribution is -2.40. The molecule has 2 N–H and O–H groups in total. The predicted octanol–water partition coefficient (Wildman–Crippen LogP) is 2.04. The van der Waals surface area contributed by atoms with Gasteiger partial charge in [-0.05, 0) is 37.3 Å². The van der Waals surface area contributed by atoms with Gasteiger partial charge in [0.25, 0.3) is 5.91 Å². The summed E-state index contributed by atoms with van der Waals surface area (Å²) in [5.74, 6) is 0.249. The summed E-state index contributed by atoms with van der Waals surface area (Å²) in [7, 11) is 2.07. The Kier molecular flexibility index (Phi) is 4.62. The lowest BCUT2D eigenvalue weighted by Gasteiger charge is -2.34. The molecule has 1 unspecified atom stereocenters. The summed E-state index contributed by atoms with van der Waals surface area (Å²) in [6, 6.07) is 3.96. The number of likely N-dealkylation sites (N-methyl/N-ethyl adjacent to an activating group) is 1. The van der Waals surface area contributed by atoms with Crippen molar-refractivity contribution < 1.29 is 9.90 Å². The number of carbonyl (C=O) groups excluding carboxylic acids is 1. The molecule has 25 heavy (non-hydrogen) atoms. The van der Waals surface area contributed by atoms with Crippen molar-refractivity contribution in [3.63, 3.8) is 0 Å². The number of aliphatic hydroxyl groups excluding tert-OH is 1. The quantitative estimate of drug-likeness (QED) is 0.879. The van der Waals surface area contributed by atoms with Gasteiger partial charge in [0.05, 0.1) is 6.10 Å². The molecule has 0 bridgehead atoms. The molecular weight excluding hydrogens is 336 g/mol. The Hall–Kier alpha value is -1.70. The van der Waals surface area contributed by atoms with Crippen molar-refractivity contribution in [3.8, 4) is 0 Å². The van der Waals surface area contributed by atoms with Crippen LogP contribution in [0.3, 0.4) is 0 Å². The highest BCUT2D eigenvalue weighted by atomic mass is 32.1. The second kappa shape index (κ2) is 6.90. The van der Waals surface area contributed by atoms with Gasteiger partial charge in [-0.1, -0.05) is 6.07 Å². The van der Waals surface area contributed by atoms with E-state index < -0.39 is 6.10 Å². The number of piperidine rings is 1. The Morgan fingerprint density at radius 1 is 1.40 bits per heavy atom. The van der Waals surface area contributed by atoms with Gasteiger partial charge in [-0.15, -0.1) is 11.3 Å². The van der Waals surface area contributed by atoms with E-state index in [-0.39, 0.29) is 11.8 Å². The van der Waals surface area contributed by atoms with Gasteiger partial charge in [0.2, 0.25) is 0 Å². The summed E-state index contributed by atoms with van der Waals surface area (Å²) in [6.07, 6.45) is 2.17. The van der Waals surface area contributed by atoms with Gasteiger partial charge < -0.3 is 14.9 Å². The molecule has 2 aliphatic heterocycles. The number of carbonyl (C=O) groups is 1. The maximum absolute atomic E-state index is 12.9. The summed E-state index contributed by atoms with van der Waals surface area (Å²) < 4.78 is 0. The molecule has 1 amide bonds. The maximum atomic E-state index is 12.9. The Balaban J connectivity index is 1.41. The number of nitrogens with one attached hydrogen (secondary N) is 1. The largest absolute Gasteiger partial charge is 0.387 e. The Labute approximate surface area is 151 Å². The molecule has 0 aliphatic carbocycles. The molecule has 2 aliphatic rings. The number of H-pyrrole nitrogens is 1. The lowest BCUT2D eigenvalue weighted by molar-refractivity contribution is 0.0469. The number of thiophene rings is 1. The molecule has 134 valence electrons. The number of likely N-dealkylation sites (tertiary alicyclic amines) is 1. The minimum absolute atomic E-state index is 0.0249. The minimum atomic E-state index is -0.413. The number of fused-ring (bicyclic) bond motifs is 1. The molecule has 1 fully saturated rings. The molecular formula is C18H24N4O2S. The zero-order valence-electron chi connectivity index (χ0n) is 14.4. The van der Waals surface area contributed by atoms with Gasteiger partial charge >= 0.3 is 0 Å². The molecule has 6 nitrogen and oxygen atoms in total. The van der Waals surface area contributed by atoms with E-state index in [1.54, 1.807) is 11.3 Å². The van der Waals surface area contributed by atoms with E-state index in [0.717, 1.165) is 48.5 Å². The summed E-state index contributed by atoms with van der Waals surface area (Å²) in [6.45, 7) is 3.14. The third-order valence-corrected chi connectivity index (χ3v) is 6.38. The monoisotopic (exact) mass is 360 g/mol. The zero-order valence-corrected chi connectivity index (χ0v) is 15.3. The number of rotatable bonds is 3. The zero-order chi connectivity index (χ0) is 17.4. The Bertz CT molecular complexity index is 734. The highest BCUT2D eigenvalue weighted by Gasteiger charge is 2.32. The van der Waals surface area contributed by atoms with Crippen molar-refractivity contribution in [1.29, 1.82) is 0 Å². The molecule has 2 aromatic rings. The Morgan fingerprint density at radius 3 is 2.92 bits per heavy atom. The van der Waals surface area contributed by atoms with Crippen LogP contribution in [0, 0.1) is 5.92 Å². The SMILES string of the molecule is CN1CCc2[nH]nc(C(=O)N3CCC(C(O)c4cccs4)CC3)c2C1. The second-order valence-corrected chi connectivity index (χ2v) is 8.09. The van der Waals surface area contributed by atoms with E-state index in [2.05, 4.69) is 22.1 Å². The van der Waals surface area contributed by atoms with Crippen LogP contribution >= 0.6 is 11.3 Å². The lowest BCUT2D eigenvalue weighted by atomic mass is 9.90. The van der Waals surface area contributed by atoms with Gasteiger partial charge in [-0.25, -0.2) is 0 Å². The van der Waals surface area contributed by atoms with E-state index in [1.165, 1.54) is 0 Å². The van der Waals surface area contributed by atoms with Crippen LogP contribution in [0.1, 0.15) is 45.6 Å². The molecule has 0 saturated carbocycles. The molecule has 1 saturated heterocycles. The predicted molar refractivity (Wildman–Crippen MR) is 96.5 cm³/mol. The number of hydrogen-bond acceptors (Lipinski definition) is 5. The highest BCUT2D eigenvalue weighted by Crippen LogP contribution is 2.33. The van der Waals surface area contributed by atoms with Crippen molar-refractivity contribution in [3.05, 3.63) is 39.3 Å². The average Bonchev–Trinajstić information content (AvgIpc) is 3.30. The van der Waals surface area contributed by atoms with Crippen molar-refractivity contribution in [1.82, 2.24) is 20.0 Å². The molecule has 4 rings (SSSR count). The van der Waals surface area contributed by atoms with Crippen LogP contribution in [-0.2, 0) is 13.0 Å². The van der Waals surface area contributed by atoms with E-state index >= 15 is 0 Å². The molecule has 1 atom stereocenters.